The number of anilines is 2. The largest absolute Gasteiger partial charge is 0.465 e. The van der Waals surface area contributed by atoms with E-state index in [1.807, 2.05) is 6.07 Å². The number of hydrogen-bond acceptors (Lipinski definition) is 5. The van der Waals surface area contributed by atoms with E-state index in [0.29, 0.717) is 12.2 Å². The summed E-state index contributed by atoms with van der Waals surface area (Å²) in [6, 6.07) is 6.22. The summed E-state index contributed by atoms with van der Waals surface area (Å²) in [6.07, 6.45) is 4.50. The van der Waals surface area contributed by atoms with Crippen LogP contribution < -0.4 is 16.2 Å². The third-order valence-corrected chi connectivity index (χ3v) is 5.45. The summed E-state index contributed by atoms with van der Waals surface area (Å²) in [5.41, 5.74) is 3.67. The van der Waals surface area contributed by atoms with Crippen LogP contribution in [0.4, 0.5) is 16.2 Å². The van der Waals surface area contributed by atoms with E-state index in [-0.39, 0.29) is 10.6 Å². The van der Waals surface area contributed by atoms with Gasteiger partial charge in [0.15, 0.2) is 0 Å². The zero-order valence-corrected chi connectivity index (χ0v) is 17.2. The number of unbranched alkanes of at least 4 members (excludes halogenated alkanes) is 2. The molecule has 1 aromatic heterocycles. The number of benzene rings is 1. The van der Waals surface area contributed by atoms with Gasteiger partial charge in [-0.3, -0.25) is 9.69 Å². The second kappa shape index (κ2) is 9.76. The molecule has 8 nitrogen and oxygen atoms in total. The van der Waals surface area contributed by atoms with Crippen molar-refractivity contribution in [3.8, 4) is 0 Å². The zero-order chi connectivity index (χ0) is 20.8. The average Bonchev–Trinajstić information content (AvgIpc) is 2.70. The van der Waals surface area contributed by atoms with Crippen molar-refractivity contribution in [1.29, 1.82) is 0 Å². The molecule has 1 amide bonds. The summed E-state index contributed by atoms with van der Waals surface area (Å²) < 4.78 is 1.21. The van der Waals surface area contributed by atoms with Crippen molar-refractivity contribution in [1.82, 2.24) is 20.0 Å². The number of fused-ring (bicyclic) bond motifs is 1. The van der Waals surface area contributed by atoms with E-state index in [0.717, 1.165) is 51.0 Å². The molecule has 0 unspecified atom stereocenters. The lowest BCUT2D eigenvalue weighted by Crippen LogP contribution is -2.31. The molecule has 0 spiro atoms. The quantitative estimate of drug-likeness (QED) is 0.569. The Balaban J connectivity index is 1.52. The molecule has 3 rings (SSSR count). The summed E-state index contributed by atoms with van der Waals surface area (Å²) in [7, 11) is 1.57. The van der Waals surface area contributed by atoms with Crippen LogP contribution in [0.15, 0.2) is 29.2 Å². The van der Waals surface area contributed by atoms with Gasteiger partial charge in [-0.15, -0.1) is 0 Å². The average molecular weight is 420 g/mol. The second-order valence-electron chi connectivity index (χ2n) is 7.23. The van der Waals surface area contributed by atoms with E-state index >= 15 is 0 Å². The summed E-state index contributed by atoms with van der Waals surface area (Å²) in [4.78, 5) is 24.8. The molecular weight excluding hydrogens is 394 g/mol. The van der Waals surface area contributed by atoms with Crippen LogP contribution >= 0.6 is 11.6 Å². The molecule has 0 atom stereocenters. The van der Waals surface area contributed by atoms with Gasteiger partial charge in [-0.05, 0) is 49.1 Å². The Morgan fingerprint density at radius 2 is 2.10 bits per heavy atom. The Morgan fingerprint density at radius 3 is 2.90 bits per heavy atom. The number of halogens is 1. The van der Waals surface area contributed by atoms with Crippen LogP contribution in [0.1, 0.15) is 30.4 Å². The van der Waals surface area contributed by atoms with Gasteiger partial charge in [0.25, 0.3) is 5.56 Å². The first-order valence-corrected chi connectivity index (χ1v) is 10.1. The standard InChI is InChI=1S/C20H26ClN5O3/c1-25-19(27)18(21)17(12-23-25)24-16-6-5-15-13-26(10-7-14(15)11-16)9-4-2-3-8-22-20(28)29/h5-6,11-12,22,24H,2-4,7-10,13H2,1H3,(H,28,29). The lowest BCUT2D eigenvalue weighted by atomic mass is 9.98. The highest BCUT2D eigenvalue weighted by molar-refractivity contribution is 6.33. The van der Waals surface area contributed by atoms with Crippen LogP contribution in [0.25, 0.3) is 0 Å². The van der Waals surface area contributed by atoms with Crippen molar-refractivity contribution < 1.29 is 9.90 Å². The van der Waals surface area contributed by atoms with E-state index in [1.165, 1.54) is 15.8 Å². The van der Waals surface area contributed by atoms with E-state index < -0.39 is 6.09 Å². The minimum atomic E-state index is -0.959. The van der Waals surface area contributed by atoms with Gasteiger partial charge < -0.3 is 15.7 Å². The molecule has 0 radical (unpaired) electrons. The van der Waals surface area contributed by atoms with Gasteiger partial charge in [-0.25, -0.2) is 9.48 Å². The molecule has 156 valence electrons. The molecule has 0 bridgehead atoms. The first kappa shape index (κ1) is 21.1. The van der Waals surface area contributed by atoms with Crippen molar-refractivity contribution in [3.63, 3.8) is 0 Å². The number of amides is 1. The van der Waals surface area contributed by atoms with Crippen molar-refractivity contribution in [2.24, 2.45) is 7.05 Å². The highest BCUT2D eigenvalue weighted by atomic mass is 35.5. The Bertz CT molecular complexity index is 931. The SMILES string of the molecule is Cn1ncc(Nc2ccc3c(c2)CCN(CCCCCNC(=O)O)C3)c(Cl)c1=O. The Labute approximate surface area is 174 Å². The number of nitrogens with zero attached hydrogens (tertiary/aromatic N) is 3. The van der Waals surface area contributed by atoms with E-state index in [9.17, 15) is 9.59 Å². The van der Waals surface area contributed by atoms with Crippen molar-refractivity contribution >= 4 is 29.1 Å². The van der Waals surface area contributed by atoms with E-state index in [1.54, 1.807) is 13.2 Å². The summed E-state index contributed by atoms with van der Waals surface area (Å²) in [5.74, 6) is 0. The van der Waals surface area contributed by atoms with Gasteiger partial charge in [0.1, 0.15) is 5.02 Å². The maximum absolute atomic E-state index is 11.9. The van der Waals surface area contributed by atoms with Crippen LogP contribution in [0.2, 0.25) is 5.02 Å². The molecule has 9 heteroatoms. The molecule has 29 heavy (non-hydrogen) atoms. The van der Waals surface area contributed by atoms with Gasteiger partial charge in [-0.1, -0.05) is 24.1 Å². The monoisotopic (exact) mass is 419 g/mol. The Morgan fingerprint density at radius 1 is 1.28 bits per heavy atom. The molecular formula is C20H26ClN5O3. The lowest BCUT2D eigenvalue weighted by Gasteiger charge is -2.29. The van der Waals surface area contributed by atoms with Gasteiger partial charge >= 0.3 is 6.09 Å². The van der Waals surface area contributed by atoms with Crippen molar-refractivity contribution in [3.05, 3.63) is 50.9 Å². The third kappa shape index (κ3) is 5.71. The molecule has 0 aliphatic carbocycles. The van der Waals surface area contributed by atoms with Crippen molar-refractivity contribution in [2.45, 2.75) is 32.2 Å². The molecule has 0 saturated heterocycles. The topological polar surface area (TPSA) is 99.5 Å². The summed E-state index contributed by atoms with van der Waals surface area (Å²) >= 11 is 6.13. The molecule has 3 N–H and O–H groups in total. The Hall–Kier alpha value is -2.58. The molecule has 0 fully saturated rings. The number of carbonyl (C=O) groups is 1. The number of aromatic nitrogens is 2. The highest BCUT2D eigenvalue weighted by Gasteiger charge is 2.16. The van der Waals surface area contributed by atoms with Gasteiger partial charge in [-0.2, -0.15) is 5.10 Å². The second-order valence-corrected chi connectivity index (χ2v) is 7.61. The Kier molecular flexibility index (Phi) is 7.11. The highest BCUT2D eigenvalue weighted by Crippen LogP contribution is 2.26. The van der Waals surface area contributed by atoms with Crippen LogP contribution in [0.5, 0.6) is 0 Å². The minimum Gasteiger partial charge on any atom is -0.465 e. The number of carboxylic acid groups (broad SMARTS) is 1. The fraction of sp³-hybridized carbons (Fsp3) is 0.450. The van der Waals surface area contributed by atoms with Gasteiger partial charge in [0.2, 0.25) is 0 Å². The van der Waals surface area contributed by atoms with Crippen LogP contribution in [0.3, 0.4) is 0 Å². The van der Waals surface area contributed by atoms with Gasteiger partial charge in [0, 0.05) is 32.4 Å². The number of aryl methyl sites for hydroxylation is 1. The van der Waals surface area contributed by atoms with E-state index in [2.05, 4.69) is 32.8 Å². The lowest BCUT2D eigenvalue weighted by molar-refractivity contribution is 0.194. The molecule has 2 aromatic rings. The number of hydrogen-bond donors (Lipinski definition) is 3. The molecule has 0 saturated carbocycles. The smallest absolute Gasteiger partial charge is 0.404 e. The number of rotatable bonds is 8. The van der Waals surface area contributed by atoms with Crippen LogP contribution in [0, 0.1) is 0 Å². The first-order chi connectivity index (χ1) is 13.9. The fourth-order valence-electron chi connectivity index (χ4n) is 3.47. The van der Waals surface area contributed by atoms with Gasteiger partial charge in [0.05, 0.1) is 11.9 Å². The molecule has 1 aliphatic heterocycles. The maximum atomic E-state index is 11.9. The third-order valence-electron chi connectivity index (χ3n) is 5.08. The zero-order valence-electron chi connectivity index (χ0n) is 16.4. The fourth-order valence-corrected chi connectivity index (χ4v) is 3.68. The normalized spacial score (nSPS) is 13.7. The molecule has 1 aliphatic rings. The first-order valence-electron chi connectivity index (χ1n) is 9.74. The van der Waals surface area contributed by atoms with E-state index in [4.69, 9.17) is 16.7 Å². The molecule has 2 heterocycles. The van der Waals surface area contributed by atoms with Crippen LogP contribution in [-0.4, -0.2) is 45.5 Å². The maximum Gasteiger partial charge on any atom is 0.404 e. The van der Waals surface area contributed by atoms with Crippen LogP contribution in [-0.2, 0) is 20.0 Å². The minimum absolute atomic E-state index is 0.130. The summed E-state index contributed by atoms with van der Waals surface area (Å²) in [5, 5.41) is 18.3. The van der Waals surface area contributed by atoms with Crippen molar-refractivity contribution in [2.75, 3.05) is 25.0 Å². The predicted octanol–water partition coefficient (Wildman–Crippen LogP) is 2.97. The molecule has 1 aromatic carbocycles. The summed E-state index contributed by atoms with van der Waals surface area (Å²) in [6.45, 7) is 3.44. The number of nitrogens with one attached hydrogen (secondary N) is 2. The predicted molar refractivity (Wildman–Crippen MR) is 113 cm³/mol.